The standard InChI is InChI=1S/C37H32F7N7O3S.C2H6/c1-35(18-54-19-35)11-9-23-7-8-24(25-5-4-6-26-31(25)50(2)48-34(26)49-55(3)53)30(45-23)28(15-20-13-21(38)16-22(39)14-20)46-29(52)17-51-33-27(10-12-36(33,40)41)32(47-51)37(42,43)44;1-2/h4-8,13-14,16,28H,10,12,15,17-19H2,1-3H3,(H,46,52)(H,48,49);1-2H3. The topological polar surface area (TPSA) is 116 Å². The van der Waals surface area contributed by atoms with Crippen LogP contribution in [-0.4, -0.2) is 54.1 Å². The van der Waals surface area contributed by atoms with Crippen molar-refractivity contribution in [3.63, 3.8) is 0 Å². The van der Waals surface area contributed by atoms with Crippen LogP contribution in [0.3, 0.4) is 0 Å². The van der Waals surface area contributed by atoms with E-state index in [9.17, 15) is 39.7 Å². The van der Waals surface area contributed by atoms with Crippen molar-refractivity contribution in [2.45, 2.75) is 64.7 Å². The quantitative estimate of drug-likeness (QED) is 0.119. The molecule has 1 aliphatic heterocycles. The second-order valence-corrected chi connectivity index (χ2v) is 14.9. The maximum Gasteiger partial charge on any atom is 0.435 e. The lowest BCUT2D eigenvalue weighted by molar-refractivity contribution is -0.142. The number of aryl methyl sites for hydroxylation is 1. The van der Waals surface area contributed by atoms with Gasteiger partial charge in [0, 0.05) is 47.9 Å². The number of pyridine rings is 1. The summed E-state index contributed by atoms with van der Waals surface area (Å²) < 4.78 is 123. The van der Waals surface area contributed by atoms with E-state index in [4.69, 9.17) is 9.72 Å². The van der Waals surface area contributed by atoms with Gasteiger partial charge in [-0.05, 0) is 61.6 Å². The normalized spacial score (nSPS) is 16.4. The van der Waals surface area contributed by atoms with E-state index >= 15 is 0 Å². The van der Waals surface area contributed by atoms with E-state index in [1.165, 1.54) is 6.26 Å². The van der Waals surface area contributed by atoms with Gasteiger partial charge < -0.3 is 10.1 Å². The molecule has 57 heavy (non-hydrogen) atoms. The summed E-state index contributed by atoms with van der Waals surface area (Å²) in [6, 6.07) is 10.0. The van der Waals surface area contributed by atoms with Crippen molar-refractivity contribution in [2.24, 2.45) is 12.5 Å². The summed E-state index contributed by atoms with van der Waals surface area (Å²) in [4.78, 5) is 18.7. The number of carbonyl (C=O) groups excluding carboxylic acids is 1. The van der Waals surface area contributed by atoms with Gasteiger partial charge in [0.1, 0.15) is 40.6 Å². The van der Waals surface area contributed by atoms with Crippen LogP contribution in [0.25, 0.3) is 22.0 Å². The number of nitrogens with zero attached hydrogens (tertiary/aromatic N) is 5. The van der Waals surface area contributed by atoms with Crippen molar-refractivity contribution in [3.05, 3.63) is 94.1 Å². The van der Waals surface area contributed by atoms with Crippen LogP contribution in [0.1, 0.15) is 67.1 Å². The Morgan fingerprint density at radius 2 is 1.75 bits per heavy atom. The van der Waals surface area contributed by atoms with E-state index in [1.54, 1.807) is 42.1 Å². The number of hydrogen-bond acceptors (Lipinski definition) is 6. The van der Waals surface area contributed by atoms with Gasteiger partial charge >= 0.3 is 6.18 Å². The fourth-order valence-corrected chi connectivity index (χ4v) is 7.37. The van der Waals surface area contributed by atoms with Crippen LogP contribution in [0.4, 0.5) is 36.6 Å². The second-order valence-electron chi connectivity index (χ2n) is 13.8. The number of fused-ring (bicyclic) bond motifs is 2. The van der Waals surface area contributed by atoms with Gasteiger partial charge in [0.05, 0.1) is 35.9 Å². The highest BCUT2D eigenvalue weighted by atomic mass is 32.2. The van der Waals surface area contributed by atoms with Crippen LogP contribution >= 0.6 is 0 Å². The van der Waals surface area contributed by atoms with E-state index in [0.717, 1.165) is 12.1 Å². The first-order valence-corrected chi connectivity index (χ1v) is 19.4. The van der Waals surface area contributed by atoms with Crippen molar-refractivity contribution in [1.82, 2.24) is 29.9 Å². The Bertz CT molecular complexity index is 2410. The number of carbonyl (C=O) groups is 1. The number of hydrogen-bond donors (Lipinski definition) is 2. The largest absolute Gasteiger partial charge is 0.435 e. The first-order valence-electron chi connectivity index (χ1n) is 17.9. The zero-order chi connectivity index (χ0) is 41.4. The molecule has 2 N–H and O–H groups in total. The van der Waals surface area contributed by atoms with Gasteiger partial charge in [0.2, 0.25) is 5.91 Å². The van der Waals surface area contributed by atoms with Crippen molar-refractivity contribution >= 4 is 33.6 Å². The van der Waals surface area contributed by atoms with Crippen molar-refractivity contribution in [3.8, 4) is 23.0 Å². The molecule has 2 unspecified atom stereocenters. The number of para-hydroxylation sites is 1. The third-order valence-electron chi connectivity index (χ3n) is 9.33. The molecule has 0 radical (unpaired) electrons. The fraction of sp³-hybridized carbons (Fsp3) is 0.385. The molecule has 1 fully saturated rings. The van der Waals surface area contributed by atoms with E-state index in [1.807, 2.05) is 20.8 Å². The highest BCUT2D eigenvalue weighted by Gasteiger charge is 2.50. The molecule has 2 aromatic carbocycles. The molecule has 3 aromatic heterocycles. The van der Waals surface area contributed by atoms with Crippen LogP contribution in [0.5, 0.6) is 0 Å². The van der Waals surface area contributed by atoms with Gasteiger partial charge in [-0.3, -0.25) is 18.9 Å². The number of amides is 1. The molecular weight excluding hydrogens is 780 g/mol. The monoisotopic (exact) mass is 817 g/mol. The molecule has 5 aromatic rings. The molecule has 0 spiro atoms. The summed E-state index contributed by atoms with van der Waals surface area (Å²) >= 11 is 0. The molecule has 10 nitrogen and oxygen atoms in total. The van der Waals surface area contributed by atoms with Crippen LogP contribution in [0.2, 0.25) is 0 Å². The maximum atomic E-state index is 15.0. The Labute approximate surface area is 325 Å². The van der Waals surface area contributed by atoms with E-state index < -0.39 is 88.4 Å². The Morgan fingerprint density at radius 3 is 2.39 bits per heavy atom. The zero-order valence-electron chi connectivity index (χ0n) is 31.5. The highest BCUT2D eigenvalue weighted by molar-refractivity contribution is 7.85. The van der Waals surface area contributed by atoms with Crippen molar-refractivity contribution < 1.29 is 44.5 Å². The van der Waals surface area contributed by atoms with Gasteiger partial charge in [-0.15, -0.1) is 0 Å². The predicted octanol–water partition coefficient (Wildman–Crippen LogP) is 7.39. The van der Waals surface area contributed by atoms with Crippen LogP contribution in [0, 0.1) is 28.9 Å². The molecular formula is C39H38F7N7O3S. The number of alkyl halides is 5. The number of anilines is 1. The number of aromatic nitrogens is 5. The molecule has 4 heterocycles. The molecule has 302 valence electrons. The lowest BCUT2D eigenvalue weighted by Crippen LogP contribution is -2.38. The number of halogens is 7. The molecule has 2 atom stereocenters. The van der Waals surface area contributed by atoms with Gasteiger partial charge in [-0.25, -0.2) is 18.0 Å². The molecule has 7 rings (SSSR count). The molecule has 0 saturated carbocycles. The number of benzene rings is 2. The average molecular weight is 818 g/mol. The molecule has 18 heteroatoms. The average Bonchev–Trinajstić information content (AvgIpc) is 3.77. The van der Waals surface area contributed by atoms with Gasteiger partial charge in [-0.2, -0.15) is 32.1 Å². The molecule has 1 amide bonds. The minimum Gasteiger partial charge on any atom is -0.378 e. The summed E-state index contributed by atoms with van der Waals surface area (Å²) in [6.07, 6.45) is -5.37. The van der Waals surface area contributed by atoms with Crippen LogP contribution < -0.4 is 10.0 Å². The van der Waals surface area contributed by atoms with E-state index in [2.05, 4.69) is 32.1 Å². The summed E-state index contributed by atoms with van der Waals surface area (Å²) in [5.74, 6) is -0.0481. The number of ether oxygens (including phenoxy) is 1. The van der Waals surface area contributed by atoms with E-state index in [-0.39, 0.29) is 23.4 Å². The summed E-state index contributed by atoms with van der Waals surface area (Å²) in [6.45, 7) is 5.65. The first-order chi connectivity index (χ1) is 26.9. The Hall–Kier alpha value is -5.28. The first kappa shape index (κ1) is 41.4. The minimum atomic E-state index is -5.05. The fourth-order valence-electron chi connectivity index (χ4n) is 6.94. The molecule has 2 aliphatic rings. The predicted molar refractivity (Wildman–Crippen MR) is 199 cm³/mol. The van der Waals surface area contributed by atoms with Gasteiger partial charge in [0.25, 0.3) is 5.92 Å². The summed E-state index contributed by atoms with van der Waals surface area (Å²) in [7, 11) is 0.181. The molecule has 1 saturated heterocycles. The molecule has 0 bridgehead atoms. The van der Waals surface area contributed by atoms with Crippen molar-refractivity contribution in [1.29, 1.82) is 0 Å². The highest BCUT2D eigenvalue weighted by Crippen LogP contribution is 2.46. The lowest BCUT2D eigenvalue weighted by Gasteiger charge is -2.32. The summed E-state index contributed by atoms with van der Waals surface area (Å²) in [5, 5.41) is 11.1. The smallest absolute Gasteiger partial charge is 0.378 e. The Kier molecular flexibility index (Phi) is 11.6. The van der Waals surface area contributed by atoms with Gasteiger partial charge in [0.15, 0.2) is 11.5 Å². The summed E-state index contributed by atoms with van der Waals surface area (Å²) in [5.41, 5.74) is -1.69. The van der Waals surface area contributed by atoms with Crippen LogP contribution in [-0.2, 0) is 59.0 Å². The second kappa shape index (κ2) is 15.9. The lowest BCUT2D eigenvalue weighted by atomic mass is 9.89. The maximum absolute atomic E-state index is 15.0. The third kappa shape index (κ3) is 8.69. The van der Waals surface area contributed by atoms with Crippen molar-refractivity contribution in [2.75, 3.05) is 24.2 Å². The third-order valence-corrected chi connectivity index (χ3v) is 9.81. The molecule has 1 aliphatic carbocycles. The Balaban J connectivity index is 0.00000270. The number of rotatable bonds is 9. The van der Waals surface area contributed by atoms with E-state index in [0.29, 0.717) is 51.8 Å². The van der Waals surface area contributed by atoms with Gasteiger partial charge in [-0.1, -0.05) is 31.9 Å². The number of nitrogens with one attached hydrogen (secondary N) is 2. The SMILES string of the molecule is CC.Cn1nc(NS(C)=O)c2cccc(-c3ccc(C#CC4(C)COC4)nc3C(Cc3cc(F)cc(F)c3)NC(=O)Cn3nc(C(F)(F)F)c4c3C(F)(F)CC4)c21. The Morgan fingerprint density at radius 1 is 1.05 bits per heavy atom. The minimum absolute atomic E-state index is 0.0766. The zero-order valence-corrected chi connectivity index (χ0v) is 32.3. The van der Waals surface area contributed by atoms with Crippen LogP contribution in [0.15, 0.2) is 48.5 Å².